The van der Waals surface area contributed by atoms with Crippen molar-refractivity contribution in [3.63, 3.8) is 0 Å². The van der Waals surface area contributed by atoms with E-state index >= 15 is 0 Å². The highest BCUT2D eigenvalue weighted by Gasteiger charge is 2.30. The summed E-state index contributed by atoms with van der Waals surface area (Å²) in [5, 5.41) is 0. The normalized spacial score (nSPS) is 18.2. The Morgan fingerprint density at radius 3 is 2.81 bits per heavy atom. The molecule has 0 bridgehead atoms. The molecule has 1 atom stereocenters. The van der Waals surface area contributed by atoms with Crippen LogP contribution in [0.3, 0.4) is 0 Å². The zero-order chi connectivity index (χ0) is 15.5. The average molecular weight is 289 g/mol. The molecule has 1 aromatic rings. The van der Waals surface area contributed by atoms with Crippen LogP contribution in [0.2, 0.25) is 0 Å². The van der Waals surface area contributed by atoms with Crippen LogP contribution < -0.4 is 4.74 Å². The predicted molar refractivity (Wildman–Crippen MR) is 77.3 cm³/mol. The summed E-state index contributed by atoms with van der Waals surface area (Å²) in [6.07, 6.45) is 1.81. The molecule has 6 heteroatoms. The molecule has 1 fully saturated rings. The number of carbonyl (C=O) groups excluding carboxylic acids is 1. The molecule has 1 amide bonds. The topological polar surface area (TPSA) is 56.0 Å². The Morgan fingerprint density at radius 1 is 1.48 bits per heavy atom. The van der Waals surface area contributed by atoms with Gasteiger partial charge in [0.2, 0.25) is 11.6 Å². The zero-order valence-electron chi connectivity index (χ0n) is 12.5. The summed E-state index contributed by atoms with van der Waals surface area (Å²) in [5.74, 6) is 0.471. The van der Waals surface area contributed by atoms with E-state index in [0.717, 1.165) is 6.42 Å². The molecule has 1 aliphatic rings. The van der Waals surface area contributed by atoms with E-state index in [0.29, 0.717) is 24.7 Å². The molecular weight excluding hydrogens is 270 g/mol. The number of aromatic nitrogens is 1. The Labute approximate surface area is 124 Å². The second kappa shape index (κ2) is 6.00. The molecule has 1 aliphatic heterocycles. The standard InChI is InChI=1S/C15H19N3O3/c1-15(2,3)21-14(19)18-8-7-12(10-18)20-13-6-5-11(16-4)9-17-13/h5-6,9,12H,7-8,10H2,1-3H3/t12-/m1/s1. The highest BCUT2D eigenvalue weighted by atomic mass is 16.6. The predicted octanol–water partition coefficient (Wildman–Crippen LogP) is 3.02. The van der Waals surface area contributed by atoms with Gasteiger partial charge in [0, 0.05) is 19.2 Å². The smallest absolute Gasteiger partial charge is 0.410 e. The number of ether oxygens (including phenoxy) is 2. The van der Waals surface area contributed by atoms with E-state index in [2.05, 4.69) is 9.83 Å². The van der Waals surface area contributed by atoms with Crippen molar-refractivity contribution >= 4 is 11.8 Å². The molecule has 1 aromatic heterocycles. The van der Waals surface area contributed by atoms with Gasteiger partial charge in [-0.25, -0.2) is 14.6 Å². The zero-order valence-corrected chi connectivity index (χ0v) is 12.5. The molecule has 2 rings (SSSR count). The Balaban J connectivity index is 1.87. The fourth-order valence-corrected chi connectivity index (χ4v) is 2.00. The van der Waals surface area contributed by atoms with Crippen LogP contribution in [-0.2, 0) is 4.74 Å². The lowest BCUT2D eigenvalue weighted by atomic mass is 10.2. The van der Waals surface area contributed by atoms with E-state index < -0.39 is 5.60 Å². The Hall–Kier alpha value is -2.29. The number of pyridine rings is 1. The number of carbonyl (C=O) groups is 1. The summed E-state index contributed by atoms with van der Waals surface area (Å²) in [7, 11) is 0. The summed E-state index contributed by atoms with van der Waals surface area (Å²) in [5.41, 5.74) is -0.0168. The van der Waals surface area contributed by atoms with E-state index in [1.54, 1.807) is 17.0 Å². The van der Waals surface area contributed by atoms with Crippen molar-refractivity contribution in [3.8, 4) is 5.88 Å². The number of rotatable bonds is 2. The second-order valence-electron chi connectivity index (χ2n) is 5.92. The second-order valence-corrected chi connectivity index (χ2v) is 5.92. The molecule has 0 aromatic carbocycles. The van der Waals surface area contributed by atoms with Crippen molar-refractivity contribution in [2.75, 3.05) is 13.1 Å². The molecule has 0 saturated carbocycles. The quantitative estimate of drug-likeness (QED) is 0.785. The highest BCUT2D eigenvalue weighted by Crippen LogP contribution is 2.20. The molecule has 0 N–H and O–H groups in total. The number of likely N-dealkylation sites (tertiary alicyclic amines) is 1. The van der Waals surface area contributed by atoms with E-state index in [1.165, 1.54) is 6.20 Å². The van der Waals surface area contributed by atoms with Gasteiger partial charge in [0.15, 0.2) is 0 Å². The summed E-state index contributed by atoms with van der Waals surface area (Å²) in [6.45, 7) is 13.5. The average Bonchev–Trinajstić information content (AvgIpc) is 2.86. The van der Waals surface area contributed by atoms with Gasteiger partial charge < -0.3 is 14.4 Å². The SMILES string of the molecule is [C-]#[N+]c1ccc(O[C@@H]2CCN(C(=O)OC(C)(C)C)C2)nc1. The third-order valence-corrected chi connectivity index (χ3v) is 2.93. The van der Waals surface area contributed by atoms with Crippen molar-refractivity contribution in [1.29, 1.82) is 0 Å². The van der Waals surface area contributed by atoms with Crippen LogP contribution in [0.1, 0.15) is 27.2 Å². The summed E-state index contributed by atoms with van der Waals surface area (Å²) in [6, 6.07) is 3.33. The van der Waals surface area contributed by atoms with Crippen LogP contribution in [0.5, 0.6) is 5.88 Å². The fraction of sp³-hybridized carbons (Fsp3) is 0.533. The first-order valence-corrected chi connectivity index (χ1v) is 6.85. The largest absolute Gasteiger partial charge is 0.472 e. The van der Waals surface area contributed by atoms with Gasteiger partial charge in [0.05, 0.1) is 13.1 Å². The van der Waals surface area contributed by atoms with Gasteiger partial charge in [-0.1, -0.05) is 0 Å². The lowest BCUT2D eigenvalue weighted by Crippen LogP contribution is -2.36. The monoisotopic (exact) mass is 289 g/mol. The van der Waals surface area contributed by atoms with Crippen LogP contribution in [0, 0.1) is 6.57 Å². The summed E-state index contributed by atoms with van der Waals surface area (Å²) < 4.78 is 11.1. The summed E-state index contributed by atoms with van der Waals surface area (Å²) >= 11 is 0. The van der Waals surface area contributed by atoms with Gasteiger partial charge >= 0.3 is 6.09 Å². The minimum atomic E-state index is -0.493. The molecule has 1 saturated heterocycles. The van der Waals surface area contributed by atoms with E-state index in [4.69, 9.17) is 16.0 Å². The molecule has 0 spiro atoms. The van der Waals surface area contributed by atoms with Crippen LogP contribution in [0.4, 0.5) is 10.5 Å². The van der Waals surface area contributed by atoms with Crippen molar-refractivity contribution in [3.05, 3.63) is 29.7 Å². The minimum absolute atomic E-state index is 0.0937. The Bertz CT molecular complexity index is 543. The number of amides is 1. The molecule has 112 valence electrons. The Morgan fingerprint density at radius 2 is 2.24 bits per heavy atom. The van der Waals surface area contributed by atoms with E-state index in [9.17, 15) is 4.79 Å². The molecular formula is C15H19N3O3. The van der Waals surface area contributed by atoms with Crippen LogP contribution in [0.25, 0.3) is 4.85 Å². The van der Waals surface area contributed by atoms with Gasteiger partial charge in [-0.15, -0.1) is 0 Å². The highest BCUT2D eigenvalue weighted by molar-refractivity contribution is 5.68. The van der Waals surface area contributed by atoms with Gasteiger partial charge in [-0.3, -0.25) is 0 Å². The van der Waals surface area contributed by atoms with Gasteiger partial charge in [-0.2, -0.15) is 0 Å². The van der Waals surface area contributed by atoms with Crippen LogP contribution in [0.15, 0.2) is 18.3 Å². The number of nitrogens with zero attached hydrogens (tertiary/aromatic N) is 3. The first-order chi connectivity index (χ1) is 9.87. The van der Waals surface area contributed by atoms with Crippen LogP contribution in [-0.4, -0.2) is 40.8 Å². The number of hydrogen-bond acceptors (Lipinski definition) is 4. The van der Waals surface area contributed by atoms with Crippen molar-refractivity contribution in [2.45, 2.75) is 38.9 Å². The minimum Gasteiger partial charge on any atom is -0.472 e. The van der Waals surface area contributed by atoms with E-state index in [-0.39, 0.29) is 12.2 Å². The molecule has 0 aliphatic carbocycles. The molecule has 6 nitrogen and oxygen atoms in total. The van der Waals surface area contributed by atoms with Crippen molar-refractivity contribution in [1.82, 2.24) is 9.88 Å². The number of hydrogen-bond donors (Lipinski definition) is 0. The van der Waals surface area contributed by atoms with Crippen LogP contribution >= 0.6 is 0 Å². The molecule has 21 heavy (non-hydrogen) atoms. The third-order valence-electron chi connectivity index (χ3n) is 2.93. The maximum Gasteiger partial charge on any atom is 0.410 e. The maximum atomic E-state index is 11.9. The first kappa shape index (κ1) is 15.1. The van der Waals surface area contributed by atoms with E-state index in [1.807, 2.05) is 20.8 Å². The first-order valence-electron chi connectivity index (χ1n) is 6.85. The Kier molecular flexibility index (Phi) is 4.32. The summed E-state index contributed by atoms with van der Waals surface area (Å²) in [4.78, 5) is 20.9. The van der Waals surface area contributed by atoms with Crippen molar-refractivity contribution in [2.24, 2.45) is 0 Å². The molecule has 0 unspecified atom stereocenters. The van der Waals surface area contributed by atoms with Gasteiger partial charge in [0.1, 0.15) is 11.7 Å². The van der Waals surface area contributed by atoms with Gasteiger partial charge in [-0.05, 0) is 32.9 Å². The molecule has 0 radical (unpaired) electrons. The van der Waals surface area contributed by atoms with Gasteiger partial charge in [0.25, 0.3) is 0 Å². The lowest BCUT2D eigenvalue weighted by Gasteiger charge is -2.24. The third kappa shape index (κ3) is 4.35. The fourth-order valence-electron chi connectivity index (χ4n) is 2.00. The van der Waals surface area contributed by atoms with Crippen molar-refractivity contribution < 1.29 is 14.3 Å². The molecule has 2 heterocycles. The maximum absolute atomic E-state index is 11.9. The lowest BCUT2D eigenvalue weighted by molar-refractivity contribution is 0.0275.